The van der Waals surface area contributed by atoms with Gasteiger partial charge in [0, 0.05) is 4.47 Å². The molecule has 1 aliphatic rings. The average molecular weight is 325 g/mol. The zero-order valence-electron chi connectivity index (χ0n) is 11.7. The normalized spacial score (nSPS) is 28.3. The van der Waals surface area contributed by atoms with E-state index in [9.17, 15) is 0 Å². The monoisotopic (exact) mass is 324 g/mol. The number of hydrogen-bond donors (Lipinski definition) is 0. The van der Waals surface area contributed by atoms with E-state index < -0.39 is 8.07 Å². The van der Waals surface area contributed by atoms with E-state index in [4.69, 9.17) is 0 Å². The topological polar surface area (TPSA) is 0 Å². The molecule has 0 spiro atoms. The number of hydrogen-bond acceptors (Lipinski definition) is 0. The van der Waals surface area contributed by atoms with Crippen molar-refractivity contribution in [2.75, 3.05) is 0 Å². The Morgan fingerprint density at radius 1 is 1.17 bits per heavy atom. The first-order valence-corrected chi connectivity index (χ1v) is 11.1. The molecular weight excluding hydrogens is 300 g/mol. The highest BCUT2D eigenvalue weighted by molar-refractivity contribution is 9.10. The fraction of sp³-hybridized carbons (Fsp3) is 0.625. The zero-order chi connectivity index (χ0) is 13.0. The number of benzene rings is 1. The third-order valence-electron chi connectivity index (χ3n) is 4.72. The maximum Gasteiger partial charge on any atom is 0.0837 e. The quantitative estimate of drug-likeness (QED) is 0.656. The SMILES string of the molecule is CCCCC1CC[Si](C)(c2ccc(Br)cc2)CC1. The minimum Gasteiger partial charge on any atom is -0.0654 e. The molecule has 0 unspecified atom stereocenters. The van der Waals surface area contributed by atoms with Gasteiger partial charge in [-0.1, -0.05) is 90.9 Å². The molecule has 0 atom stereocenters. The van der Waals surface area contributed by atoms with E-state index in [-0.39, 0.29) is 0 Å². The lowest BCUT2D eigenvalue weighted by Crippen LogP contribution is -2.47. The fourth-order valence-electron chi connectivity index (χ4n) is 3.24. The number of rotatable bonds is 4. The molecule has 0 nitrogen and oxygen atoms in total. The molecule has 1 heterocycles. The van der Waals surface area contributed by atoms with E-state index in [1.807, 2.05) is 0 Å². The van der Waals surface area contributed by atoms with Gasteiger partial charge in [0.25, 0.3) is 0 Å². The van der Waals surface area contributed by atoms with Crippen molar-refractivity contribution in [3.63, 3.8) is 0 Å². The van der Waals surface area contributed by atoms with Crippen LogP contribution in [0, 0.1) is 5.92 Å². The molecule has 0 radical (unpaired) electrons. The third-order valence-corrected chi connectivity index (χ3v) is 9.76. The largest absolute Gasteiger partial charge is 0.0837 e. The molecular formula is C16H25BrSi. The van der Waals surface area contributed by atoms with Gasteiger partial charge in [-0.25, -0.2) is 0 Å². The third kappa shape index (κ3) is 3.48. The first-order chi connectivity index (χ1) is 8.64. The van der Waals surface area contributed by atoms with Crippen molar-refractivity contribution in [3.8, 4) is 0 Å². The summed E-state index contributed by atoms with van der Waals surface area (Å²) in [4.78, 5) is 0. The minimum atomic E-state index is -1.14. The summed E-state index contributed by atoms with van der Waals surface area (Å²) in [6.07, 6.45) is 7.23. The van der Waals surface area contributed by atoms with Crippen LogP contribution in [-0.4, -0.2) is 8.07 Å². The summed E-state index contributed by atoms with van der Waals surface area (Å²) in [5.41, 5.74) is 0. The Labute approximate surface area is 121 Å². The molecule has 1 saturated heterocycles. The fourth-order valence-corrected chi connectivity index (χ4v) is 7.39. The summed E-state index contributed by atoms with van der Waals surface area (Å²) in [5.74, 6) is 1.03. The molecule has 1 aromatic carbocycles. The smallest absolute Gasteiger partial charge is 0.0654 e. The van der Waals surface area contributed by atoms with E-state index >= 15 is 0 Å². The van der Waals surface area contributed by atoms with Gasteiger partial charge in [0.1, 0.15) is 0 Å². The lowest BCUT2D eigenvalue weighted by molar-refractivity contribution is 0.420. The van der Waals surface area contributed by atoms with Gasteiger partial charge in [-0.15, -0.1) is 0 Å². The molecule has 0 amide bonds. The Morgan fingerprint density at radius 3 is 2.33 bits per heavy atom. The van der Waals surface area contributed by atoms with Gasteiger partial charge in [-0.05, 0) is 18.1 Å². The van der Waals surface area contributed by atoms with E-state index in [1.54, 1.807) is 5.19 Å². The van der Waals surface area contributed by atoms with Crippen LogP contribution >= 0.6 is 15.9 Å². The maximum atomic E-state index is 3.54. The van der Waals surface area contributed by atoms with Gasteiger partial charge in [0.15, 0.2) is 0 Å². The molecule has 18 heavy (non-hydrogen) atoms. The first kappa shape index (κ1) is 14.3. The molecule has 0 aromatic heterocycles. The van der Waals surface area contributed by atoms with E-state index in [0.717, 1.165) is 5.92 Å². The highest BCUT2D eigenvalue weighted by Crippen LogP contribution is 2.34. The lowest BCUT2D eigenvalue weighted by atomic mass is 9.96. The summed E-state index contributed by atoms with van der Waals surface area (Å²) in [7, 11) is -1.14. The van der Waals surface area contributed by atoms with Crippen LogP contribution < -0.4 is 5.19 Å². The summed E-state index contributed by atoms with van der Waals surface area (Å²) >= 11 is 3.54. The predicted octanol–water partition coefficient (Wildman–Crippen LogP) is 5.33. The van der Waals surface area contributed by atoms with Crippen molar-refractivity contribution in [2.45, 2.75) is 57.7 Å². The van der Waals surface area contributed by atoms with Crippen LogP contribution in [0.15, 0.2) is 28.7 Å². The summed E-state index contributed by atoms with van der Waals surface area (Å²) < 4.78 is 1.21. The molecule has 1 fully saturated rings. The van der Waals surface area contributed by atoms with Crippen LogP contribution in [0.3, 0.4) is 0 Å². The van der Waals surface area contributed by atoms with Gasteiger partial charge in [-0.3, -0.25) is 0 Å². The predicted molar refractivity (Wildman–Crippen MR) is 87.3 cm³/mol. The Morgan fingerprint density at radius 2 is 1.78 bits per heavy atom. The van der Waals surface area contributed by atoms with Gasteiger partial charge in [-0.2, -0.15) is 0 Å². The molecule has 2 rings (SSSR count). The molecule has 2 heteroatoms. The molecule has 1 aromatic rings. The molecule has 100 valence electrons. The standard InChI is InChI=1S/C16H25BrSi/c1-3-4-5-14-10-12-18(2,13-11-14)16-8-6-15(17)7-9-16/h6-9,14H,3-5,10-13H2,1-2H3. The summed E-state index contributed by atoms with van der Waals surface area (Å²) in [5, 5.41) is 1.67. The highest BCUT2D eigenvalue weighted by Gasteiger charge is 2.34. The van der Waals surface area contributed by atoms with Crippen LogP contribution in [0.5, 0.6) is 0 Å². The Bertz CT molecular complexity index is 363. The van der Waals surface area contributed by atoms with Gasteiger partial charge < -0.3 is 0 Å². The van der Waals surface area contributed by atoms with Crippen molar-refractivity contribution >= 4 is 29.2 Å². The first-order valence-electron chi connectivity index (χ1n) is 7.40. The average Bonchev–Trinajstić information content (AvgIpc) is 2.39. The Kier molecular flexibility index (Phi) is 5.08. The Balaban J connectivity index is 1.96. The second-order valence-electron chi connectivity index (χ2n) is 6.15. The zero-order valence-corrected chi connectivity index (χ0v) is 14.3. The van der Waals surface area contributed by atoms with Crippen LogP contribution in [0.1, 0.15) is 39.0 Å². The number of unbranched alkanes of at least 4 members (excludes halogenated alkanes) is 1. The molecule has 0 bridgehead atoms. The number of halogens is 1. The molecule has 1 aliphatic heterocycles. The van der Waals surface area contributed by atoms with Crippen LogP contribution in [-0.2, 0) is 0 Å². The lowest BCUT2D eigenvalue weighted by Gasteiger charge is -2.36. The van der Waals surface area contributed by atoms with Gasteiger partial charge >= 0.3 is 0 Å². The second-order valence-corrected chi connectivity index (χ2v) is 11.8. The van der Waals surface area contributed by atoms with Crippen LogP contribution in [0.4, 0.5) is 0 Å². The summed E-state index contributed by atoms with van der Waals surface area (Å²) in [6, 6.07) is 12.2. The summed E-state index contributed by atoms with van der Waals surface area (Å²) in [6.45, 7) is 4.90. The van der Waals surface area contributed by atoms with E-state index in [2.05, 4.69) is 53.7 Å². The van der Waals surface area contributed by atoms with Crippen molar-refractivity contribution in [1.29, 1.82) is 0 Å². The van der Waals surface area contributed by atoms with Crippen molar-refractivity contribution in [2.24, 2.45) is 5.92 Å². The van der Waals surface area contributed by atoms with Gasteiger partial charge in [0.05, 0.1) is 8.07 Å². The van der Waals surface area contributed by atoms with E-state index in [1.165, 1.54) is 48.7 Å². The second kappa shape index (κ2) is 6.38. The van der Waals surface area contributed by atoms with Crippen molar-refractivity contribution in [3.05, 3.63) is 28.7 Å². The van der Waals surface area contributed by atoms with Crippen LogP contribution in [0.25, 0.3) is 0 Å². The minimum absolute atomic E-state index is 1.03. The van der Waals surface area contributed by atoms with Crippen molar-refractivity contribution in [1.82, 2.24) is 0 Å². The van der Waals surface area contributed by atoms with Gasteiger partial charge in [0.2, 0.25) is 0 Å². The van der Waals surface area contributed by atoms with Crippen molar-refractivity contribution < 1.29 is 0 Å². The Hall–Kier alpha value is -0.0831. The maximum absolute atomic E-state index is 3.54. The molecule has 0 aliphatic carbocycles. The molecule has 0 N–H and O–H groups in total. The van der Waals surface area contributed by atoms with E-state index in [0.29, 0.717) is 0 Å². The highest BCUT2D eigenvalue weighted by atomic mass is 79.9. The molecule has 0 saturated carbocycles. The van der Waals surface area contributed by atoms with Crippen LogP contribution in [0.2, 0.25) is 18.6 Å².